The van der Waals surface area contributed by atoms with Gasteiger partial charge in [0, 0.05) is 6.42 Å². The smallest absolute Gasteiger partial charge is 0.224 e. The highest BCUT2D eigenvalue weighted by molar-refractivity contribution is 5.92. The molecule has 25 heavy (non-hydrogen) atoms. The van der Waals surface area contributed by atoms with E-state index in [1.54, 1.807) is 11.0 Å². The molecule has 0 aliphatic rings. The summed E-state index contributed by atoms with van der Waals surface area (Å²) < 4.78 is 7.23. The van der Waals surface area contributed by atoms with E-state index >= 15 is 0 Å². The number of aryl methyl sites for hydroxylation is 1. The molecule has 0 aliphatic carbocycles. The SMILES string of the molecule is CCOc1ccccc1CCC(=O)Nc1ccccc1-n1cncn1. The summed E-state index contributed by atoms with van der Waals surface area (Å²) in [4.78, 5) is 16.3. The van der Waals surface area contributed by atoms with E-state index in [2.05, 4.69) is 15.4 Å². The molecular weight excluding hydrogens is 316 g/mol. The lowest BCUT2D eigenvalue weighted by Crippen LogP contribution is -2.14. The van der Waals surface area contributed by atoms with Gasteiger partial charge in [-0.05, 0) is 37.1 Å². The second kappa shape index (κ2) is 8.10. The zero-order valence-electron chi connectivity index (χ0n) is 14.1. The number of aromatic nitrogens is 3. The van der Waals surface area contributed by atoms with Gasteiger partial charge in [0.1, 0.15) is 18.4 Å². The number of para-hydroxylation sites is 3. The zero-order valence-corrected chi connectivity index (χ0v) is 14.1. The third kappa shape index (κ3) is 4.23. The summed E-state index contributed by atoms with van der Waals surface area (Å²) in [5.41, 5.74) is 2.52. The van der Waals surface area contributed by atoms with Crippen LogP contribution >= 0.6 is 0 Å². The number of anilines is 1. The van der Waals surface area contributed by atoms with E-state index in [1.807, 2.05) is 55.5 Å². The van der Waals surface area contributed by atoms with E-state index in [0.29, 0.717) is 25.1 Å². The van der Waals surface area contributed by atoms with Gasteiger partial charge in [0.25, 0.3) is 0 Å². The molecule has 0 fully saturated rings. The molecule has 0 unspecified atom stereocenters. The number of carbonyl (C=O) groups is 1. The number of benzene rings is 2. The van der Waals surface area contributed by atoms with Crippen molar-refractivity contribution in [1.29, 1.82) is 0 Å². The molecule has 0 atom stereocenters. The Balaban J connectivity index is 1.66. The second-order valence-electron chi connectivity index (χ2n) is 5.45. The van der Waals surface area contributed by atoms with Gasteiger partial charge in [-0.25, -0.2) is 9.67 Å². The first-order valence-electron chi connectivity index (χ1n) is 8.22. The number of nitrogens with one attached hydrogen (secondary N) is 1. The normalized spacial score (nSPS) is 10.4. The molecule has 6 nitrogen and oxygen atoms in total. The van der Waals surface area contributed by atoms with Crippen LogP contribution < -0.4 is 10.1 Å². The first-order valence-corrected chi connectivity index (χ1v) is 8.22. The van der Waals surface area contributed by atoms with Crippen molar-refractivity contribution in [3.05, 3.63) is 66.7 Å². The number of hydrogen-bond donors (Lipinski definition) is 1. The quantitative estimate of drug-likeness (QED) is 0.719. The van der Waals surface area contributed by atoms with Crippen LogP contribution in [0, 0.1) is 0 Å². The fourth-order valence-corrected chi connectivity index (χ4v) is 2.58. The molecule has 0 saturated carbocycles. The van der Waals surface area contributed by atoms with Crippen molar-refractivity contribution in [1.82, 2.24) is 14.8 Å². The summed E-state index contributed by atoms with van der Waals surface area (Å²) in [5, 5.41) is 7.07. The zero-order chi connectivity index (χ0) is 17.5. The minimum atomic E-state index is -0.0566. The third-order valence-electron chi connectivity index (χ3n) is 3.74. The van der Waals surface area contributed by atoms with Gasteiger partial charge in [-0.3, -0.25) is 4.79 Å². The highest BCUT2D eigenvalue weighted by atomic mass is 16.5. The minimum Gasteiger partial charge on any atom is -0.494 e. The van der Waals surface area contributed by atoms with E-state index in [9.17, 15) is 4.79 Å². The van der Waals surface area contributed by atoms with E-state index < -0.39 is 0 Å². The van der Waals surface area contributed by atoms with Gasteiger partial charge in [-0.1, -0.05) is 30.3 Å². The fraction of sp³-hybridized carbons (Fsp3) is 0.211. The van der Waals surface area contributed by atoms with Crippen LogP contribution in [0.15, 0.2) is 61.2 Å². The van der Waals surface area contributed by atoms with E-state index in [4.69, 9.17) is 4.74 Å². The van der Waals surface area contributed by atoms with Crippen molar-refractivity contribution in [2.24, 2.45) is 0 Å². The molecule has 1 N–H and O–H groups in total. The Labute approximate surface area is 146 Å². The third-order valence-corrected chi connectivity index (χ3v) is 3.74. The van der Waals surface area contributed by atoms with Gasteiger partial charge in [0.05, 0.1) is 18.0 Å². The summed E-state index contributed by atoms with van der Waals surface area (Å²) in [5.74, 6) is 0.777. The summed E-state index contributed by atoms with van der Waals surface area (Å²) in [6.45, 7) is 2.55. The predicted octanol–water partition coefficient (Wildman–Crippen LogP) is 3.24. The molecule has 0 spiro atoms. The Bertz CT molecular complexity index is 831. The van der Waals surface area contributed by atoms with Crippen LogP contribution in [0.25, 0.3) is 5.69 Å². The van der Waals surface area contributed by atoms with E-state index in [0.717, 1.165) is 17.0 Å². The Morgan fingerprint density at radius 3 is 2.76 bits per heavy atom. The van der Waals surface area contributed by atoms with Gasteiger partial charge in [-0.15, -0.1) is 0 Å². The van der Waals surface area contributed by atoms with Crippen LogP contribution in [0.5, 0.6) is 5.75 Å². The van der Waals surface area contributed by atoms with Gasteiger partial charge < -0.3 is 10.1 Å². The van der Waals surface area contributed by atoms with Gasteiger partial charge in [0.15, 0.2) is 0 Å². The summed E-state index contributed by atoms with van der Waals surface area (Å²) in [7, 11) is 0. The molecule has 2 aromatic carbocycles. The number of hydrogen-bond acceptors (Lipinski definition) is 4. The molecule has 0 saturated heterocycles. The maximum absolute atomic E-state index is 12.4. The topological polar surface area (TPSA) is 69.0 Å². The van der Waals surface area contributed by atoms with Crippen molar-refractivity contribution in [3.63, 3.8) is 0 Å². The lowest BCUT2D eigenvalue weighted by atomic mass is 10.1. The number of carbonyl (C=O) groups excluding carboxylic acids is 1. The summed E-state index contributed by atoms with van der Waals surface area (Å²) in [6, 6.07) is 15.3. The summed E-state index contributed by atoms with van der Waals surface area (Å²) in [6.07, 6.45) is 4.05. The molecule has 1 heterocycles. The van der Waals surface area contributed by atoms with Crippen molar-refractivity contribution in [3.8, 4) is 11.4 Å². The Hall–Kier alpha value is -3.15. The molecule has 6 heteroatoms. The largest absolute Gasteiger partial charge is 0.494 e. The number of rotatable bonds is 7. The number of ether oxygens (including phenoxy) is 1. The first kappa shape index (κ1) is 16.7. The molecule has 3 aromatic rings. The Morgan fingerprint density at radius 1 is 1.16 bits per heavy atom. The van der Waals surface area contributed by atoms with E-state index in [-0.39, 0.29) is 5.91 Å². The monoisotopic (exact) mass is 336 g/mol. The molecule has 3 rings (SSSR count). The molecular formula is C19H20N4O2. The average molecular weight is 336 g/mol. The molecule has 0 aliphatic heterocycles. The van der Waals surface area contributed by atoms with Gasteiger partial charge >= 0.3 is 0 Å². The highest BCUT2D eigenvalue weighted by Crippen LogP contribution is 2.21. The lowest BCUT2D eigenvalue weighted by molar-refractivity contribution is -0.116. The van der Waals surface area contributed by atoms with Crippen LogP contribution in [-0.4, -0.2) is 27.3 Å². The van der Waals surface area contributed by atoms with Gasteiger partial charge in [0.2, 0.25) is 5.91 Å². The second-order valence-corrected chi connectivity index (χ2v) is 5.45. The highest BCUT2D eigenvalue weighted by Gasteiger charge is 2.10. The van der Waals surface area contributed by atoms with Crippen LogP contribution in [0.1, 0.15) is 18.9 Å². The fourth-order valence-electron chi connectivity index (χ4n) is 2.58. The van der Waals surface area contributed by atoms with Crippen LogP contribution in [0.2, 0.25) is 0 Å². The first-order chi connectivity index (χ1) is 12.3. The molecule has 0 radical (unpaired) electrons. The predicted molar refractivity (Wildman–Crippen MR) is 95.9 cm³/mol. The van der Waals surface area contributed by atoms with E-state index in [1.165, 1.54) is 6.33 Å². The lowest BCUT2D eigenvalue weighted by Gasteiger charge is -2.12. The average Bonchev–Trinajstić information content (AvgIpc) is 3.16. The van der Waals surface area contributed by atoms with Crippen molar-refractivity contribution >= 4 is 11.6 Å². The van der Waals surface area contributed by atoms with Crippen LogP contribution in [-0.2, 0) is 11.2 Å². The maximum atomic E-state index is 12.4. The maximum Gasteiger partial charge on any atom is 0.224 e. The number of amides is 1. The summed E-state index contributed by atoms with van der Waals surface area (Å²) >= 11 is 0. The van der Waals surface area contributed by atoms with Crippen LogP contribution in [0.4, 0.5) is 5.69 Å². The van der Waals surface area contributed by atoms with Crippen LogP contribution in [0.3, 0.4) is 0 Å². The Kier molecular flexibility index (Phi) is 5.41. The molecule has 0 bridgehead atoms. The van der Waals surface area contributed by atoms with Crippen molar-refractivity contribution in [2.45, 2.75) is 19.8 Å². The van der Waals surface area contributed by atoms with Crippen molar-refractivity contribution in [2.75, 3.05) is 11.9 Å². The number of nitrogens with zero attached hydrogens (tertiary/aromatic N) is 3. The Morgan fingerprint density at radius 2 is 1.96 bits per heavy atom. The minimum absolute atomic E-state index is 0.0566. The van der Waals surface area contributed by atoms with Gasteiger partial charge in [-0.2, -0.15) is 5.10 Å². The molecule has 1 aromatic heterocycles. The molecule has 1 amide bonds. The standard InChI is InChI=1S/C19H20N4O2/c1-2-25-18-10-6-3-7-15(18)11-12-19(24)22-16-8-4-5-9-17(16)23-14-20-13-21-23/h3-10,13-14H,2,11-12H2,1H3,(H,22,24). The molecule has 128 valence electrons. The van der Waals surface area contributed by atoms with Crippen molar-refractivity contribution < 1.29 is 9.53 Å².